The van der Waals surface area contributed by atoms with Gasteiger partial charge in [-0.05, 0) is 12.4 Å². The van der Waals surface area contributed by atoms with Gasteiger partial charge in [-0.1, -0.05) is 12.2 Å². The Morgan fingerprint density at radius 1 is 1.27 bits per heavy atom. The summed E-state index contributed by atoms with van der Waals surface area (Å²) in [5.41, 5.74) is 0. The molecular weight excluding hydrogens is 181 g/mol. The molecule has 1 unspecified atom stereocenters. The van der Waals surface area contributed by atoms with Gasteiger partial charge in [0.15, 0.2) is 0 Å². The van der Waals surface area contributed by atoms with Gasteiger partial charge in [-0.15, -0.1) is 0 Å². The van der Waals surface area contributed by atoms with Crippen molar-refractivity contribution in [2.24, 2.45) is 0 Å². The van der Waals surface area contributed by atoms with Crippen LogP contribution < -0.4 is 56.7 Å². The van der Waals surface area contributed by atoms with E-state index in [1.54, 1.807) is 12.2 Å². The van der Waals surface area contributed by atoms with E-state index in [1.807, 2.05) is 0 Å². The van der Waals surface area contributed by atoms with Crippen LogP contribution >= 0.6 is 0 Å². The molecule has 0 aromatic heterocycles. The van der Waals surface area contributed by atoms with Gasteiger partial charge in [0.25, 0.3) is 0 Å². The van der Waals surface area contributed by atoms with E-state index in [0.29, 0.717) is 6.54 Å². The molecule has 1 aliphatic heterocycles. The van der Waals surface area contributed by atoms with Crippen molar-refractivity contribution in [2.45, 2.75) is 12.4 Å². The fourth-order valence-electron chi connectivity index (χ4n) is 0.917. The molecule has 1 nitrogen and oxygen atoms in total. The summed E-state index contributed by atoms with van der Waals surface area (Å²) in [7, 11) is 0. The summed E-state index contributed by atoms with van der Waals surface area (Å²) in [5, 5.41) is 2.38. The molecule has 1 heterocycles. The Balaban J connectivity index is 0.000001000. The second-order valence-corrected chi connectivity index (χ2v) is 2.35. The Bertz CT molecular complexity index is 147. The monoisotopic (exact) mass is 189 g/mol. The van der Waals surface area contributed by atoms with Crippen LogP contribution in [0.1, 0.15) is 6.42 Å². The molecule has 0 amide bonds. The van der Waals surface area contributed by atoms with E-state index in [2.05, 4.69) is 5.32 Å². The fraction of sp³-hybridized carbons (Fsp3) is 0.600. The summed E-state index contributed by atoms with van der Waals surface area (Å²) < 4.78 is 35.7. The largest absolute Gasteiger partial charge is 1.00 e. The Kier molecular flexibility index (Phi) is 5.58. The smallest absolute Gasteiger partial charge is 0.448 e. The third kappa shape index (κ3) is 4.10. The average Bonchev–Trinajstić information content (AvgIpc) is 1.88. The van der Waals surface area contributed by atoms with Crippen molar-refractivity contribution < 1.29 is 64.3 Å². The molecule has 1 N–H and O–H groups in total. The molecule has 1 aliphatic rings. The Morgan fingerprint density at radius 2 is 1.91 bits per heavy atom. The Labute approximate surface area is 106 Å². The first-order valence-corrected chi connectivity index (χ1v) is 3.19. The van der Waals surface area contributed by atoms with E-state index in [9.17, 15) is 12.9 Å². The minimum absolute atomic E-state index is 0. The Hall–Kier alpha value is 1.19. The molecule has 0 fully saturated rings. The molecule has 0 aromatic carbocycles. The zero-order chi connectivity index (χ0) is 7.61. The van der Waals surface area contributed by atoms with Gasteiger partial charge in [-0.3, -0.25) is 0 Å². The molecule has 1 rings (SSSR count). The van der Waals surface area contributed by atoms with Crippen LogP contribution in [0.25, 0.3) is 0 Å². The second kappa shape index (κ2) is 5.04. The van der Waals surface area contributed by atoms with Gasteiger partial charge in [0.1, 0.15) is 0 Å². The van der Waals surface area contributed by atoms with E-state index < -0.39 is 12.9 Å². The number of rotatable bonds is 1. The number of hydrogen-bond acceptors (Lipinski definition) is 1. The molecule has 1 atom stereocenters. The van der Waals surface area contributed by atoms with Crippen LogP contribution in [0.15, 0.2) is 12.2 Å². The van der Waals surface area contributed by atoms with Crippen LogP contribution in [0.5, 0.6) is 0 Å². The number of nitrogens with one attached hydrogen (secondary N) is 1. The third-order valence-corrected chi connectivity index (χ3v) is 1.51. The van der Waals surface area contributed by atoms with Gasteiger partial charge in [0.2, 0.25) is 0 Å². The van der Waals surface area contributed by atoms with E-state index in [0.717, 1.165) is 0 Å². The normalized spacial score (nSPS) is 24.5. The van der Waals surface area contributed by atoms with Crippen molar-refractivity contribution in [3.63, 3.8) is 0 Å². The van der Waals surface area contributed by atoms with E-state index in [1.165, 1.54) is 0 Å². The number of hydrogen-bond donors (Lipinski definition) is 1. The molecule has 0 saturated heterocycles. The predicted octanol–water partition coefficient (Wildman–Crippen LogP) is -1.70. The van der Waals surface area contributed by atoms with Gasteiger partial charge in [0.05, 0.1) is 0 Å². The second-order valence-electron chi connectivity index (χ2n) is 2.35. The molecule has 0 bridgehead atoms. The third-order valence-electron chi connectivity index (χ3n) is 1.51. The SMILES string of the molecule is F[B-](F)(F)C1CC=CCN1.[K+]. The molecule has 0 saturated carbocycles. The van der Waals surface area contributed by atoms with Crippen LogP contribution in [0.3, 0.4) is 0 Å². The van der Waals surface area contributed by atoms with Crippen molar-refractivity contribution in [1.82, 2.24) is 5.32 Å². The molecule has 0 spiro atoms. The van der Waals surface area contributed by atoms with Crippen molar-refractivity contribution in [2.75, 3.05) is 6.54 Å². The average molecular weight is 189 g/mol. The Morgan fingerprint density at radius 3 is 2.18 bits per heavy atom. The minimum Gasteiger partial charge on any atom is -0.448 e. The molecule has 0 aromatic rings. The molecule has 58 valence electrons. The summed E-state index contributed by atoms with van der Waals surface area (Å²) in [4.78, 5) is 0. The van der Waals surface area contributed by atoms with Crippen molar-refractivity contribution >= 4 is 6.98 Å². The molecule has 6 heteroatoms. The summed E-state index contributed by atoms with van der Waals surface area (Å²) in [6.45, 7) is -4.35. The van der Waals surface area contributed by atoms with Crippen LogP contribution in [0, 0.1) is 0 Å². The van der Waals surface area contributed by atoms with Crippen LogP contribution in [0.2, 0.25) is 0 Å². The zero-order valence-corrected chi connectivity index (χ0v) is 9.48. The maximum atomic E-state index is 11.9. The van der Waals surface area contributed by atoms with Crippen LogP contribution in [0.4, 0.5) is 12.9 Å². The zero-order valence-electron chi connectivity index (χ0n) is 6.36. The van der Waals surface area contributed by atoms with Crippen molar-refractivity contribution in [3.8, 4) is 0 Å². The molecular formula is C5H8BF3KN. The summed E-state index contributed by atoms with van der Waals surface area (Å²) in [6, 6.07) is 0. The summed E-state index contributed by atoms with van der Waals surface area (Å²) >= 11 is 0. The quantitative estimate of drug-likeness (QED) is 0.382. The van der Waals surface area contributed by atoms with Gasteiger partial charge < -0.3 is 18.3 Å². The maximum absolute atomic E-state index is 11.9. The van der Waals surface area contributed by atoms with Gasteiger partial charge in [0, 0.05) is 6.54 Å². The van der Waals surface area contributed by atoms with Crippen LogP contribution in [-0.4, -0.2) is 19.5 Å². The maximum Gasteiger partial charge on any atom is 1.00 e. The van der Waals surface area contributed by atoms with E-state index in [4.69, 9.17) is 0 Å². The molecule has 11 heavy (non-hydrogen) atoms. The van der Waals surface area contributed by atoms with Crippen LogP contribution in [-0.2, 0) is 0 Å². The van der Waals surface area contributed by atoms with E-state index in [-0.39, 0.29) is 57.8 Å². The summed E-state index contributed by atoms with van der Waals surface area (Å²) in [5.74, 6) is -1.27. The van der Waals surface area contributed by atoms with Gasteiger partial charge >= 0.3 is 58.4 Å². The first-order chi connectivity index (χ1) is 4.61. The predicted molar refractivity (Wildman–Crippen MR) is 34.6 cm³/mol. The molecule has 0 aliphatic carbocycles. The van der Waals surface area contributed by atoms with E-state index >= 15 is 0 Å². The summed E-state index contributed by atoms with van der Waals surface area (Å²) in [6.07, 6.45) is 3.36. The fourth-order valence-corrected chi connectivity index (χ4v) is 0.917. The molecule has 0 radical (unpaired) electrons. The standard InChI is InChI=1S/C5H8BF3N.K/c7-6(8,9)5-3-1-2-4-10-5;/h1-2,5,10H,3-4H2;/q-1;+1. The van der Waals surface area contributed by atoms with Gasteiger partial charge in [-0.25, -0.2) is 0 Å². The van der Waals surface area contributed by atoms with Crippen molar-refractivity contribution in [3.05, 3.63) is 12.2 Å². The minimum atomic E-state index is -4.69. The topological polar surface area (TPSA) is 12.0 Å². The first kappa shape index (κ1) is 12.2. The van der Waals surface area contributed by atoms with Crippen molar-refractivity contribution in [1.29, 1.82) is 0 Å². The van der Waals surface area contributed by atoms with Gasteiger partial charge in [-0.2, -0.15) is 0 Å². The first-order valence-electron chi connectivity index (χ1n) is 3.19. The number of halogens is 3.